The average molecular weight is 444 g/mol. The van der Waals surface area contributed by atoms with Gasteiger partial charge in [-0.3, -0.25) is 4.79 Å². The minimum atomic E-state index is -0.293. The Kier molecular flexibility index (Phi) is 6.23. The monoisotopic (exact) mass is 443 g/mol. The number of carbonyl (C=O) groups is 1. The van der Waals surface area contributed by atoms with Crippen molar-refractivity contribution >= 4 is 52.0 Å². The number of rotatable bonds is 5. The molecule has 2 rings (SSSR count). The second-order valence-electron chi connectivity index (χ2n) is 4.81. The summed E-state index contributed by atoms with van der Waals surface area (Å²) in [5.41, 5.74) is 4.83. The molecule has 0 bridgehead atoms. The van der Waals surface area contributed by atoms with Gasteiger partial charge in [0.15, 0.2) is 0 Å². The number of nitrogens with one attached hydrogen (secondary N) is 2. The van der Waals surface area contributed by atoms with Gasteiger partial charge in [-0.2, -0.15) is 5.10 Å². The fourth-order valence-corrected chi connectivity index (χ4v) is 2.30. The van der Waals surface area contributed by atoms with Gasteiger partial charge in [-0.05, 0) is 71.5 Å². The van der Waals surface area contributed by atoms with Gasteiger partial charge < -0.3 is 10.4 Å². The van der Waals surface area contributed by atoms with Crippen molar-refractivity contribution in [3.63, 3.8) is 0 Å². The van der Waals surface area contributed by atoms with Crippen molar-refractivity contribution < 1.29 is 9.90 Å². The molecule has 0 aromatic heterocycles. The third-order valence-electron chi connectivity index (χ3n) is 2.99. The Morgan fingerprint density at radius 2 is 2.13 bits per heavy atom. The van der Waals surface area contributed by atoms with E-state index in [2.05, 4.69) is 38.4 Å². The van der Waals surface area contributed by atoms with Crippen LogP contribution in [0.2, 0.25) is 5.02 Å². The molecule has 23 heavy (non-hydrogen) atoms. The van der Waals surface area contributed by atoms with Crippen LogP contribution in [-0.2, 0) is 4.79 Å². The number of anilines is 1. The Balaban J connectivity index is 1.86. The predicted molar refractivity (Wildman–Crippen MR) is 101 cm³/mol. The molecule has 0 aliphatic rings. The van der Waals surface area contributed by atoms with E-state index in [-0.39, 0.29) is 18.2 Å². The van der Waals surface area contributed by atoms with Gasteiger partial charge in [0.1, 0.15) is 5.75 Å². The van der Waals surface area contributed by atoms with Gasteiger partial charge in [0, 0.05) is 19.8 Å². The zero-order chi connectivity index (χ0) is 16.8. The highest BCUT2D eigenvalue weighted by molar-refractivity contribution is 14.1. The van der Waals surface area contributed by atoms with Gasteiger partial charge in [-0.15, -0.1) is 0 Å². The molecule has 0 saturated carbocycles. The quantitative estimate of drug-likeness (QED) is 0.376. The maximum atomic E-state index is 11.7. The van der Waals surface area contributed by atoms with Crippen LogP contribution < -0.4 is 10.7 Å². The highest BCUT2D eigenvalue weighted by Gasteiger charge is 2.02. The predicted octanol–water partition coefficient (Wildman–Crippen LogP) is 3.52. The van der Waals surface area contributed by atoms with Gasteiger partial charge in [0.25, 0.3) is 5.91 Å². The molecule has 2 aromatic carbocycles. The van der Waals surface area contributed by atoms with Gasteiger partial charge in [-0.25, -0.2) is 5.43 Å². The molecule has 0 saturated heterocycles. The molecule has 2 aromatic rings. The van der Waals surface area contributed by atoms with E-state index in [1.807, 2.05) is 25.1 Å². The third kappa shape index (κ3) is 5.40. The number of nitrogens with zero attached hydrogens (tertiary/aromatic N) is 1. The second kappa shape index (κ2) is 8.16. The maximum absolute atomic E-state index is 11.7. The van der Waals surface area contributed by atoms with Crippen LogP contribution in [0, 0.1) is 10.5 Å². The Bertz CT molecular complexity index is 750. The summed E-state index contributed by atoms with van der Waals surface area (Å²) in [5, 5.41) is 16.9. The molecule has 0 aliphatic heterocycles. The molecule has 0 unspecified atom stereocenters. The van der Waals surface area contributed by atoms with Gasteiger partial charge >= 0.3 is 0 Å². The first-order valence-electron chi connectivity index (χ1n) is 6.76. The largest absolute Gasteiger partial charge is 0.507 e. The number of phenolic OH excluding ortho intramolecular Hbond substituents is 1. The van der Waals surface area contributed by atoms with Gasteiger partial charge in [0.2, 0.25) is 0 Å². The molecule has 0 atom stereocenters. The number of hydrazone groups is 1. The highest BCUT2D eigenvalue weighted by atomic mass is 127. The van der Waals surface area contributed by atoms with Crippen LogP contribution >= 0.6 is 34.2 Å². The molecular weight excluding hydrogens is 429 g/mol. The lowest BCUT2D eigenvalue weighted by molar-refractivity contribution is -0.119. The smallest absolute Gasteiger partial charge is 0.259 e. The van der Waals surface area contributed by atoms with Crippen LogP contribution in [0.25, 0.3) is 0 Å². The van der Waals surface area contributed by atoms with Crippen LogP contribution in [0.5, 0.6) is 5.75 Å². The minimum absolute atomic E-state index is 0.0416. The van der Waals surface area contributed by atoms with Gasteiger partial charge in [0.05, 0.1) is 12.8 Å². The summed E-state index contributed by atoms with van der Waals surface area (Å²) in [5.74, 6) is -0.251. The van der Waals surface area contributed by atoms with Crippen LogP contribution in [-0.4, -0.2) is 23.8 Å². The summed E-state index contributed by atoms with van der Waals surface area (Å²) in [6.07, 6.45) is 1.34. The van der Waals surface area contributed by atoms with E-state index >= 15 is 0 Å². The first-order chi connectivity index (χ1) is 11.0. The van der Waals surface area contributed by atoms with Crippen LogP contribution in [0.3, 0.4) is 0 Å². The Hall–Kier alpha value is -1.80. The minimum Gasteiger partial charge on any atom is -0.507 e. The highest BCUT2D eigenvalue weighted by Crippen LogP contribution is 2.19. The van der Waals surface area contributed by atoms with E-state index in [0.717, 1.165) is 11.3 Å². The Labute approximate surface area is 152 Å². The number of amides is 1. The van der Waals surface area contributed by atoms with Crippen LogP contribution in [0.15, 0.2) is 41.5 Å². The summed E-state index contributed by atoms with van der Waals surface area (Å²) < 4.78 is 1.17. The number of hydrogen-bond donors (Lipinski definition) is 3. The molecule has 5 nitrogen and oxygen atoms in total. The SMILES string of the molecule is Cc1cc(NCC(=O)N/N=C/c2cc(Cl)ccc2O)ccc1I. The fourth-order valence-electron chi connectivity index (χ4n) is 1.78. The van der Waals surface area contributed by atoms with Gasteiger partial charge in [-0.1, -0.05) is 11.6 Å². The van der Waals surface area contributed by atoms with Crippen molar-refractivity contribution in [3.05, 3.63) is 56.1 Å². The maximum Gasteiger partial charge on any atom is 0.259 e. The van der Waals surface area contributed by atoms with Crippen molar-refractivity contribution in [3.8, 4) is 5.75 Å². The topological polar surface area (TPSA) is 73.7 Å². The number of halogens is 2. The Morgan fingerprint density at radius 1 is 1.35 bits per heavy atom. The molecule has 0 fully saturated rings. The molecule has 0 heterocycles. The lowest BCUT2D eigenvalue weighted by Crippen LogP contribution is -2.25. The van der Waals surface area contributed by atoms with Crippen molar-refractivity contribution in [2.45, 2.75) is 6.92 Å². The van der Waals surface area contributed by atoms with E-state index < -0.39 is 0 Å². The molecule has 120 valence electrons. The molecule has 0 aliphatic carbocycles. The fraction of sp³-hybridized carbons (Fsp3) is 0.125. The summed E-state index contributed by atoms with van der Waals surface area (Å²) in [7, 11) is 0. The van der Waals surface area contributed by atoms with Crippen molar-refractivity contribution in [1.82, 2.24) is 5.43 Å². The summed E-state index contributed by atoms with van der Waals surface area (Å²) in [6.45, 7) is 2.10. The van der Waals surface area contributed by atoms with E-state index in [1.54, 1.807) is 12.1 Å². The molecule has 0 spiro atoms. The van der Waals surface area contributed by atoms with Crippen LogP contribution in [0.1, 0.15) is 11.1 Å². The normalized spacial score (nSPS) is 10.7. The third-order valence-corrected chi connectivity index (χ3v) is 4.44. The number of aromatic hydroxyl groups is 1. The molecular formula is C16H15ClIN3O2. The van der Waals surface area contributed by atoms with E-state index in [9.17, 15) is 9.90 Å². The van der Waals surface area contributed by atoms with E-state index in [4.69, 9.17) is 11.6 Å². The summed E-state index contributed by atoms with van der Waals surface area (Å²) >= 11 is 8.08. The number of phenols is 1. The zero-order valence-corrected chi connectivity index (χ0v) is 15.2. The lowest BCUT2D eigenvalue weighted by atomic mass is 10.2. The second-order valence-corrected chi connectivity index (χ2v) is 6.41. The standard InChI is InChI=1S/C16H15ClIN3O2/c1-10-6-13(3-4-14(10)18)19-9-16(23)21-20-8-11-7-12(17)2-5-15(11)22/h2-8,19,22H,9H2,1H3,(H,21,23)/b20-8+. The number of benzene rings is 2. The number of carbonyl (C=O) groups excluding carboxylic acids is 1. The first kappa shape index (κ1) is 17.6. The zero-order valence-electron chi connectivity index (χ0n) is 12.3. The first-order valence-corrected chi connectivity index (χ1v) is 8.22. The number of hydrogen-bond acceptors (Lipinski definition) is 4. The van der Waals surface area contributed by atoms with E-state index in [1.165, 1.54) is 15.9 Å². The molecule has 7 heteroatoms. The lowest BCUT2D eigenvalue weighted by Gasteiger charge is -2.07. The van der Waals surface area contributed by atoms with Crippen molar-refractivity contribution in [2.24, 2.45) is 5.10 Å². The molecule has 3 N–H and O–H groups in total. The Morgan fingerprint density at radius 3 is 2.87 bits per heavy atom. The summed E-state index contributed by atoms with van der Waals surface area (Å²) in [6, 6.07) is 10.5. The van der Waals surface area contributed by atoms with E-state index in [0.29, 0.717) is 10.6 Å². The summed E-state index contributed by atoms with van der Waals surface area (Å²) in [4.78, 5) is 11.7. The van der Waals surface area contributed by atoms with Crippen molar-refractivity contribution in [1.29, 1.82) is 0 Å². The molecule has 1 amide bonds. The van der Waals surface area contributed by atoms with Crippen LogP contribution in [0.4, 0.5) is 5.69 Å². The molecule has 0 radical (unpaired) electrons. The average Bonchev–Trinajstić information content (AvgIpc) is 2.52. The number of aryl methyl sites for hydroxylation is 1. The van der Waals surface area contributed by atoms with Crippen molar-refractivity contribution in [2.75, 3.05) is 11.9 Å².